The molecule has 0 unspecified atom stereocenters. The van der Waals surface area contributed by atoms with E-state index in [9.17, 15) is 4.79 Å². The zero-order valence-corrected chi connectivity index (χ0v) is 10.6. The number of benzene rings is 1. The number of carbonyl (C=O) groups excluding carboxylic acids is 1. The summed E-state index contributed by atoms with van der Waals surface area (Å²) in [5.41, 5.74) is 1.98. The van der Waals surface area contributed by atoms with Gasteiger partial charge in [-0.15, -0.1) is 6.42 Å². The van der Waals surface area contributed by atoms with Gasteiger partial charge in [0.1, 0.15) is 0 Å². The predicted molar refractivity (Wildman–Crippen MR) is 73.3 cm³/mol. The normalized spacial score (nSPS) is 13.8. The molecule has 1 fully saturated rings. The van der Waals surface area contributed by atoms with Gasteiger partial charge in [0.05, 0.1) is 6.54 Å². The average molecular weight is 242 g/mol. The van der Waals surface area contributed by atoms with Crippen LogP contribution in [-0.4, -0.2) is 24.0 Å². The van der Waals surface area contributed by atoms with Gasteiger partial charge in [-0.1, -0.05) is 23.6 Å². The third kappa shape index (κ3) is 3.53. The number of aryl methyl sites for hydroxylation is 1. The van der Waals surface area contributed by atoms with Crippen molar-refractivity contribution in [3.05, 3.63) is 29.8 Å². The van der Waals surface area contributed by atoms with Crippen molar-refractivity contribution in [2.24, 2.45) is 5.92 Å². The molecule has 1 aromatic rings. The van der Waals surface area contributed by atoms with E-state index in [1.54, 1.807) is 4.90 Å². The molecule has 0 radical (unpaired) electrons. The van der Waals surface area contributed by atoms with E-state index in [0.717, 1.165) is 12.2 Å². The summed E-state index contributed by atoms with van der Waals surface area (Å²) in [5, 5.41) is 2.88. The summed E-state index contributed by atoms with van der Waals surface area (Å²) in [5.74, 6) is 3.18. The molecule has 94 valence electrons. The highest BCUT2D eigenvalue weighted by atomic mass is 16.2. The lowest BCUT2D eigenvalue weighted by molar-refractivity contribution is 0.216. The topological polar surface area (TPSA) is 32.3 Å². The van der Waals surface area contributed by atoms with Crippen molar-refractivity contribution in [2.45, 2.75) is 19.8 Å². The van der Waals surface area contributed by atoms with Crippen LogP contribution in [0.2, 0.25) is 0 Å². The summed E-state index contributed by atoms with van der Waals surface area (Å²) in [6.45, 7) is 3.15. The number of hydrogen-bond acceptors (Lipinski definition) is 1. The van der Waals surface area contributed by atoms with Crippen molar-refractivity contribution >= 4 is 11.7 Å². The van der Waals surface area contributed by atoms with Crippen LogP contribution in [0.15, 0.2) is 24.3 Å². The molecule has 3 heteroatoms. The maximum absolute atomic E-state index is 12.1. The van der Waals surface area contributed by atoms with E-state index >= 15 is 0 Å². The number of hydrogen-bond donors (Lipinski definition) is 1. The fourth-order valence-corrected chi connectivity index (χ4v) is 1.78. The van der Waals surface area contributed by atoms with Crippen LogP contribution in [-0.2, 0) is 0 Å². The van der Waals surface area contributed by atoms with Crippen molar-refractivity contribution < 1.29 is 4.79 Å². The van der Waals surface area contributed by atoms with Gasteiger partial charge in [-0.2, -0.15) is 0 Å². The monoisotopic (exact) mass is 242 g/mol. The molecule has 3 nitrogen and oxygen atoms in total. The number of urea groups is 1. The highest BCUT2D eigenvalue weighted by Crippen LogP contribution is 2.29. The molecule has 2 rings (SSSR count). The third-order valence-corrected chi connectivity index (χ3v) is 3.05. The Morgan fingerprint density at radius 3 is 2.67 bits per heavy atom. The smallest absolute Gasteiger partial charge is 0.313 e. The lowest BCUT2D eigenvalue weighted by Gasteiger charge is -2.20. The van der Waals surface area contributed by atoms with E-state index < -0.39 is 0 Å². The molecule has 0 aliphatic heterocycles. The molecule has 0 atom stereocenters. The van der Waals surface area contributed by atoms with Crippen LogP contribution in [0.1, 0.15) is 18.4 Å². The average Bonchev–Trinajstić information content (AvgIpc) is 3.15. The molecule has 1 aromatic carbocycles. The first-order valence-electron chi connectivity index (χ1n) is 6.25. The molecule has 0 heterocycles. The minimum Gasteiger partial charge on any atom is -0.313 e. The van der Waals surface area contributed by atoms with E-state index in [-0.39, 0.29) is 6.03 Å². The zero-order chi connectivity index (χ0) is 13.0. The SMILES string of the molecule is C#CCN(CC1CC1)C(=O)Nc1ccc(C)cc1. The molecular formula is C15H18N2O. The van der Waals surface area contributed by atoms with Crippen molar-refractivity contribution in [1.29, 1.82) is 0 Å². The molecule has 2 amide bonds. The molecule has 0 bridgehead atoms. The fourth-order valence-electron chi connectivity index (χ4n) is 1.78. The highest BCUT2D eigenvalue weighted by Gasteiger charge is 2.26. The van der Waals surface area contributed by atoms with Gasteiger partial charge in [0, 0.05) is 12.2 Å². The summed E-state index contributed by atoms with van der Waals surface area (Å²) in [7, 11) is 0. The van der Waals surface area contributed by atoms with Crippen molar-refractivity contribution in [1.82, 2.24) is 4.90 Å². The second-order valence-corrected chi connectivity index (χ2v) is 4.82. The van der Waals surface area contributed by atoms with Gasteiger partial charge in [0.15, 0.2) is 0 Å². The third-order valence-electron chi connectivity index (χ3n) is 3.05. The Bertz CT molecular complexity index is 454. The lowest BCUT2D eigenvalue weighted by Crippen LogP contribution is -2.36. The molecular weight excluding hydrogens is 224 g/mol. The Kier molecular flexibility index (Phi) is 3.88. The maximum atomic E-state index is 12.1. The second-order valence-electron chi connectivity index (χ2n) is 4.82. The molecule has 1 aliphatic rings. The Balaban J connectivity index is 1.95. The van der Waals surface area contributed by atoms with Gasteiger partial charge in [0.25, 0.3) is 0 Å². The van der Waals surface area contributed by atoms with Gasteiger partial charge in [-0.25, -0.2) is 4.79 Å². The van der Waals surface area contributed by atoms with Crippen LogP contribution in [0.5, 0.6) is 0 Å². The summed E-state index contributed by atoms with van der Waals surface area (Å²) in [6, 6.07) is 7.64. The van der Waals surface area contributed by atoms with E-state index in [4.69, 9.17) is 6.42 Å². The van der Waals surface area contributed by atoms with Crippen LogP contribution in [0.3, 0.4) is 0 Å². The number of anilines is 1. The van der Waals surface area contributed by atoms with Crippen LogP contribution in [0.25, 0.3) is 0 Å². The van der Waals surface area contributed by atoms with Gasteiger partial charge in [0.2, 0.25) is 0 Å². The first-order valence-corrected chi connectivity index (χ1v) is 6.25. The number of nitrogens with one attached hydrogen (secondary N) is 1. The number of rotatable bonds is 4. The zero-order valence-electron chi connectivity index (χ0n) is 10.6. The maximum Gasteiger partial charge on any atom is 0.322 e. The van der Waals surface area contributed by atoms with Crippen LogP contribution < -0.4 is 5.32 Å². The molecule has 1 aliphatic carbocycles. The lowest BCUT2D eigenvalue weighted by atomic mass is 10.2. The van der Waals surface area contributed by atoms with Gasteiger partial charge < -0.3 is 10.2 Å². The largest absolute Gasteiger partial charge is 0.322 e. The Morgan fingerprint density at radius 2 is 2.11 bits per heavy atom. The molecule has 1 saturated carbocycles. The Labute approximate surface area is 108 Å². The quantitative estimate of drug-likeness (QED) is 0.809. The van der Waals surface area contributed by atoms with E-state index in [1.165, 1.54) is 18.4 Å². The summed E-state index contributed by atoms with van der Waals surface area (Å²) >= 11 is 0. The number of nitrogens with zero attached hydrogens (tertiary/aromatic N) is 1. The molecule has 1 N–H and O–H groups in total. The van der Waals surface area contributed by atoms with E-state index in [0.29, 0.717) is 12.5 Å². The number of carbonyl (C=O) groups is 1. The molecule has 0 spiro atoms. The summed E-state index contributed by atoms with van der Waals surface area (Å²) in [4.78, 5) is 13.8. The van der Waals surface area contributed by atoms with Gasteiger partial charge >= 0.3 is 6.03 Å². The summed E-state index contributed by atoms with van der Waals surface area (Å²) in [6.07, 6.45) is 7.72. The highest BCUT2D eigenvalue weighted by molar-refractivity contribution is 5.89. The second kappa shape index (κ2) is 5.59. The minimum absolute atomic E-state index is 0.108. The van der Waals surface area contributed by atoms with Gasteiger partial charge in [-0.3, -0.25) is 0 Å². The van der Waals surface area contributed by atoms with Crippen molar-refractivity contribution in [3.8, 4) is 12.3 Å². The van der Waals surface area contributed by atoms with Crippen molar-refractivity contribution in [2.75, 3.05) is 18.4 Å². The van der Waals surface area contributed by atoms with E-state index in [2.05, 4.69) is 11.2 Å². The van der Waals surface area contributed by atoms with Crippen LogP contribution in [0.4, 0.5) is 10.5 Å². The molecule has 0 aromatic heterocycles. The van der Waals surface area contributed by atoms with Crippen LogP contribution in [0, 0.1) is 25.2 Å². The minimum atomic E-state index is -0.108. The standard InChI is InChI=1S/C15H18N2O/c1-3-10-17(11-13-6-7-13)15(18)16-14-8-4-12(2)5-9-14/h1,4-5,8-9,13H,6-7,10-11H2,2H3,(H,16,18). The summed E-state index contributed by atoms with van der Waals surface area (Å²) < 4.78 is 0. The molecule has 0 saturated heterocycles. The van der Waals surface area contributed by atoms with E-state index in [1.807, 2.05) is 31.2 Å². The predicted octanol–water partition coefficient (Wildman–Crippen LogP) is 2.87. The molecule has 18 heavy (non-hydrogen) atoms. The first kappa shape index (κ1) is 12.5. The first-order chi connectivity index (χ1) is 8.69. The Morgan fingerprint density at radius 1 is 1.44 bits per heavy atom. The Hall–Kier alpha value is -1.95. The van der Waals surface area contributed by atoms with Gasteiger partial charge in [-0.05, 0) is 37.8 Å². The number of amides is 2. The fraction of sp³-hybridized carbons (Fsp3) is 0.400. The van der Waals surface area contributed by atoms with Crippen molar-refractivity contribution in [3.63, 3.8) is 0 Å². The number of terminal acetylenes is 1. The van der Waals surface area contributed by atoms with Crippen LogP contribution >= 0.6 is 0 Å².